The molecule has 3 aromatic heterocycles. The molecule has 0 fully saturated rings. The number of anilines is 2. The molecular weight excluding hydrogens is 354 g/mol. The number of fused-ring (bicyclic) bond motifs is 2. The summed E-state index contributed by atoms with van der Waals surface area (Å²) in [7, 11) is 3.81. The lowest BCUT2D eigenvalue weighted by molar-refractivity contribution is 0.468. The van der Waals surface area contributed by atoms with E-state index in [0.29, 0.717) is 11.6 Å². The van der Waals surface area contributed by atoms with E-state index in [0.717, 1.165) is 33.7 Å². The minimum absolute atomic E-state index is 0.469. The first-order chi connectivity index (χ1) is 13.7. The van der Waals surface area contributed by atoms with Crippen LogP contribution in [0.3, 0.4) is 0 Å². The number of hydrogen-bond acceptors (Lipinski definition) is 6. The molecule has 8 heteroatoms. The molecule has 0 amide bonds. The van der Waals surface area contributed by atoms with Crippen molar-refractivity contribution >= 4 is 33.7 Å². The van der Waals surface area contributed by atoms with Crippen LogP contribution in [-0.2, 0) is 14.1 Å². The van der Waals surface area contributed by atoms with Crippen molar-refractivity contribution in [3.05, 3.63) is 61.1 Å². The third kappa shape index (κ3) is 2.71. The van der Waals surface area contributed by atoms with Crippen LogP contribution in [0.1, 0.15) is 0 Å². The van der Waals surface area contributed by atoms with Gasteiger partial charge < -0.3 is 14.6 Å². The van der Waals surface area contributed by atoms with Crippen LogP contribution >= 0.6 is 0 Å². The summed E-state index contributed by atoms with van der Waals surface area (Å²) in [4.78, 5) is 13.2. The predicted octanol–water partition coefficient (Wildman–Crippen LogP) is 3.79. The maximum atomic E-state index is 6.01. The fraction of sp³-hybridized carbons (Fsp3) is 0.100. The van der Waals surface area contributed by atoms with Gasteiger partial charge in [0.05, 0.1) is 17.2 Å². The average Bonchev–Trinajstić information content (AvgIpc) is 3.24. The molecule has 8 nitrogen and oxygen atoms in total. The molecule has 0 aliphatic rings. The molecule has 2 aromatic carbocycles. The molecule has 5 rings (SSSR count). The summed E-state index contributed by atoms with van der Waals surface area (Å²) in [6.45, 7) is 0. The van der Waals surface area contributed by atoms with E-state index in [-0.39, 0.29) is 0 Å². The Bertz CT molecular complexity index is 1290. The number of imidazole rings is 1. The SMILES string of the molecule is Cn1ncc2c(Oc3ccc4c(c3)nc(Nc3ccccc3)n4C)ncnc21. The number of nitrogens with zero attached hydrogens (tertiary/aromatic N) is 6. The number of aryl methyl sites for hydroxylation is 2. The van der Waals surface area contributed by atoms with Gasteiger partial charge >= 0.3 is 0 Å². The van der Waals surface area contributed by atoms with Gasteiger partial charge in [-0.15, -0.1) is 0 Å². The van der Waals surface area contributed by atoms with Crippen LogP contribution in [0.4, 0.5) is 11.6 Å². The fourth-order valence-electron chi connectivity index (χ4n) is 3.14. The predicted molar refractivity (Wildman–Crippen MR) is 107 cm³/mol. The van der Waals surface area contributed by atoms with E-state index in [9.17, 15) is 0 Å². The minimum Gasteiger partial charge on any atom is -0.438 e. The van der Waals surface area contributed by atoms with E-state index >= 15 is 0 Å². The Balaban J connectivity index is 1.49. The molecule has 0 unspecified atom stereocenters. The molecule has 0 aliphatic heterocycles. The maximum Gasteiger partial charge on any atom is 0.233 e. The molecule has 138 valence electrons. The van der Waals surface area contributed by atoms with Crippen molar-refractivity contribution in [2.45, 2.75) is 0 Å². The first-order valence-electron chi connectivity index (χ1n) is 8.78. The van der Waals surface area contributed by atoms with E-state index < -0.39 is 0 Å². The van der Waals surface area contributed by atoms with Crippen LogP contribution in [0.5, 0.6) is 11.6 Å². The highest BCUT2D eigenvalue weighted by molar-refractivity contribution is 5.82. The summed E-state index contributed by atoms with van der Waals surface area (Å²) in [5, 5.41) is 8.31. The summed E-state index contributed by atoms with van der Waals surface area (Å²) in [5.41, 5.74) is 3.53. The third-order valence-corrected chi connectivity index (χ3v) is 4.59. The largest absolute Gasteiger partial charge is 0.438 e. The molecule has 0 saturated carbocycles. The van der Waals surface area contributed by atoms with Gasteiger partial charge in [0.1, 0.15) is 17.5 Å². The fourth-order valence-corrected chi connectivity index (χ4v) is 3.14. The summed E-state index contributed by atoms with van der Waals surface area (Å²) in [6, 6.07) is 15.7. The summed E-state index contributed by atoms with van der Waals surface area (Å²) in [6.07, 6.45) is 3.17. The molecule has 1 N–H and O–H groups in total. The molecule has 0 saturated heterocycles. The highest BCUT2D eigenvalue weighted by Gasteiger charge is 2.12. The first-order valence-corrected chi connectivity index (χ1v) is 8.78. The zero-order valence-corrected chi connectivity index (χ0v) is 15.4. The molecule has 0 atom stereocenters. The Morgan fingerprint density at radius 3 is 2.71 bits per heavy atom. The van der Waals surface area contributed by atoms with Crippen molar-refractivity contribution in [1.82, 2.24) is 29.3 Å². The van der Waals surface area contributed by atoms with Crippen LogP contribution in [0.2, 0.25) is 0 Å². The molecule has 28 heavy (non-hydrogen) atoms. The third-order valence-electron chi connectivity index (χ3n) is 4.59. The van der Waals surface area contributed by atoms with E-state index in [1.165, 1.54) is 6.33 Å². The van der Waals surface area contributed by atoms with E-state index in [1.807, 2.05) is 67.2 Å². The second kappa shape index (κ2) is 6.34. The minimum atomic E-state index is 0.469. The number of rotatable bonds is 4. The number of aromatic nitrogens is 6. The number of nitrogens with one attached hydrogen (secondary N) is 1. The highest BCUT2D eigenvalue weighted by atomic mass is 16.5. The molecule has 0 bridgehead atoms. The van der Waals surface area contributed by atoms with Crippen LogP contribution in [0.25, 0.3) is 22.1 Å². The standard InChI is InChI=1S/C20H17N7O/c1-26-17-9-8-14(28-19-15-11-23-27(2)18(15)21-12-22-19)10-16(17)25-20(26)24-13-6-4-3-5-7-13/h3-12H,1-2H3,(H,24,25). The van der Waals surface area contributed by atoms with Crippen molar-refractivity contribution in [3.63, 3.8) is 0 Å². The van der Waals surface area contributed by atoms with Crippen molar-refractivity contribution in [3.8, 4) is 11.6 Å². The molecule has 0 radical (unpaired) electrons. The van der Waals surface area contributed by atoms with Crippen molar-refractivity contribution in [2.75, 3.05) is 5.32 Å². The second-order valence-corrected chi connectivity index (χ2v) is 6.42. The number of hydrogen-bond donors (Lipinski definition) is 1. The summed E-state index contributed by atoms with van der Waals surface area (Å²) in [5.74, 6) is 1.88. The zero-order valence-electron chi connectivity index (χ0n) is 15.4. The molecule has 0 spiro atoms. The van der Waals surface area contributed by atoms with Gasteiger partial charge in [-0.1, -0.05) is 18.2 Å². The van der Waals surface area contributed by atoms with E-state index in [2.05, 4.69) is 20.4 Å². The van der Waals surface area contributed by atoms with Gasteiger partial charge in [-0.05, 0) is 24.3 Å². The van der Waals surface area contributed by atoms with Crippen molar-refractivity contribution in [1.29, 1.82) is 0 Å². The topological polar surface area (TPSA) is 82.7 Å². The van der Waals surface area contributed by atoms with Crippen LogP contribution < -0.4 is 10.1 Å². The van der Waals surface area contributed by atoms with Crippen LogP contribution in [0.15, 0.2) is 61.1 Å². The average molecular weight is 371 g/mol. The summed E-state index contributed by atoms with van der Waals surface area (Å²) >= 11 is 0. The molecule has 3 heterocycles. The van der Waals surface area contributed by atoms with Gasteiger partial charge in [0.2, 0.25) is 11.8 Å². The second-order valence-electron chi connectivity index (χ2n) is 6.42. The number of para-hydroxylation sites is 1. The van der Waals surface area contributed by atoms with Crippen LogP contribution in [-0.4, -0.2) is 29.3 Å². The Kier molecular flexibility index (Phi) is 3.68. The van der Waals surface area contributed by atoms with E-state index in [1.54, 1.807) is 10.9 Å². The summed E-state index contributed by atoms with van der Waals surface area (Å²) < 4.78 is 9.70. The lowest BCUT2D eigenvalue weighted by Crippen LogP contribution is -1.98. The molecule has 5 aromatic rings. The van der Waals surface area contributed by atoms with Crippen molar-refractivity contribution in [2.24, 2.45) is 14.1 Å². The van der Waals surface area contributed by atoms with Gasteiger partial charge in [0, 0.05) is 25.8 Å². The van der Waals surface area contributed by atoms with Gasteiger partial charge in [0.15, 0.2) is 5.65 Å². The number of benzene rings is 2. The molecular formula is C20H17N7O. The monoisotopic (exact) mass is 371 g/mol. The lowest BCUT2D eigenvalue weighted by Gasteiger charge is -2.06. The first kappa shape index (κ1) is 16.2. The van der Waals surface area contributed by atoms with Crippen molar-refractivity contribution < 1.29 is 4.74 Å². The normalized spacial score (nSPS) is 11.2. The Morgan fingerprint density at radius 2 is 1.86 bits per heavy atom. The zero-order chi connectivity index (χ0) is 19.1. The van der Waals surface area contributed by atoms with Crippen LogP contribution in [0, 0.1) is 0 Å². The Hall–Kier alpha value is -3.94. The van der Waals surface area contributed by atoms with Gasteiger partial charge in [-0.2, -0.15) is 5.10 Å². The smallest absolute Gasteiger partial charge is 0.233 e. The maximum absolute atomic E-state index is 6.01. The van der Waals surface area contributed by atoms with Gasteiger partial charge in [-0.3, -0.25) is 4.68 Å². The quantitative estimate of drug-likeness (QED) is 0.518. The van der Waals surface area contributed by atoms with Gasteiger partial charge in [-0.25, -0.2) is 15.0 Å². The van der Waals surface area contributed by atoms with Gasteiger partial charge in [0.25, 0.3) is 0 Å². The Labute approximate surface area is 160 Å². The van der Waals surface area contributed by atoms with E-state index in [4.69, 9.17) is 9.72 Å². The highest BCUT2D eigenvalue weighted by Crippen LogP contribution is 2.29. The lowest BCUT2D eigenvalue weighted by atomic mass is 10.3. The Morgan fingerprint density at radius 1 is 1.00 bits per heavy atom. The molecule has 0 aliphatic carbocycles. The number of ether oxygens (including phenoxy) is 1.